The SMILES string of the molecule is CC[C@H](C(=O)NC(C)(C)C)N(CCc1ccccc1)C(=O)Cc1ccccc1F. The molecule has 0 saturated heterocycles. The Hall–Kier alpha value is -2.69. The number of amides is 2. The van der Waals surface area contributed by atoms with Crippen LogP contribution in [0.1, 0.15) is 45.2 Å². The van der Waals surface area contributed by atoms with Gasteiger partial charge in [0.2, 0.25) is 11.8 Å². The van der Waals surface area contributed by atoms with Crippen LogP contribution in [0, 0.1) is 5.82 Å². The maximum absolute atomic E-state index is 14.1. The molecule has 1 N–H and O–H groups in total. The zero-order chi connectivity index (χ0) is 21.4. The second-order valence-corrected chi connectivity index (χ2v) is 8.25. The number of hydrogen-bond donors (Lipinski definition) is 1. The molecule has 0 fully saturated rings. The summed E-state index contributed by atoms with van der Waals surface area (Å²) < 4.78 is 14.1. The molecule has 0 bridgehead atoms. The summed E-state index contributed by atoms with van der Waals surface area (Å²) in [6, 6.07) is 15.5. The van der Waals surface area contributed by atoms with Gasteiger partial charge in [0.1, 0.15) is 11.9 Å². The van der Waals surface area contributed by atoms with E-state index >= 15 is 0 Å². The van der Waals surface area contributed by atoms with E-state index in [4.69, 9.17) is 0 Å². The number of halogens is 1. The quantitative estimate of drug-likeness (QED) is 0.727. The highest BCUT2D eigenvalue weighted by atomic mass is 19.1. The molecule has 1 atom stereocenters. The van der Waals surface area contributed by atoms with Crippen molar-refractivity contribution < 1.29 is 14.0 Å². The molecule has 0 aliphatic rings. The molecule has 5 heteroatoms. The lowest BCUT2D eigenvalue weighted by Gasteiger charge is -2.33. The molecule has 2 aromatic rings. The van der Waals surface area contributed by atoms with Gasteiger partial charge in [0.15, 0.2) is 0 Å². The number of carbonyl (C=O) groups is 2. The third kappa shape index (κ3) is 7.00. The van der Waals surface area contributed by atoms with Crippen LogP contribution in [0.4, 0.5) is 4.39 Å². The number of benzene rings is 2. The molecule has 0 aliphatic carbocycles. The first-order valence-corrected chi connectivity index (χ1v) is 10.1. The third-order valence-corrected chi connectivity index (χ3v) is 4.67. The summed E-state index contributed by atoms with van der Waals surface area (Å²) in [5.41, 5.74) is 1.03. The van der Waals surface area contributed by atoms with Crippen molar-refractivity contribution in [2.24, 2.45) is 0 Å². The van der Waals surface area contributed by atoms with Crippen LogP contribution in [0.3, 0.4) is 0 Å². The van der Waals surface area contributed by atoms with Crippen molar-refractivity contribution in [2.75, 3.05) is 6.54 Å². The van der Waals surface area contributed by atoms with Gasteiger partial charge in [-0.2, -0.15) is 0 Å². The fourth-order valence-corrected chi connectivity index (χ4v) is 3.26. The normalized spacial score (nSPS) is 12.3. The van der Waals surface area contributed by atoms with Crippen LogP contribution in [0.5, 0.6) is 0 Å². The summed E-state index contributed by atoms with van der Waals surface area (Å²) in [6.07, 6.45) is 1.05. The van der Waals surface area contributed by atoms with Crippen molar-refractivity contribution in [1.29, 1.82) is 0 Å². The second kappa shape index (κ2) is 10.2. The first kappa shape index (κ1) is 22.6. The van der Waals surface area contributed by atoms with Crippen molar-refractivity contribution in [3.8, 4) is 0 Å². The van der Waals surface area contributed by atoms with Gasteiger partial charge in [-0.05, 0) is 50.8 Å². The van der Waals surface area contributed by atoms with Crippen LogP contribution in [-0.4, -0.2) is 34.8 Å². The summed E-state index contributed by atoms with van der Waals surface area (Å²) in [4.78, 5) is 27.6. The summed E-state index contributed by atoms with van der Waals surface area (Å²) in [5.74, 6) is -0.840. The molecule has 0 saturated carbocycles. The van der Waals surface area contributed by atoms with E-state index in [2.05, 4.69) is 5.32 Å². The van der Waals surface area contributed by atoms with E-state index in [0.717, 1.165) is 5.56 Å². The highest BCUT2D eigenvalue weighted by Crippen LogP contribution is 2.15. The first-order chi connectivity index (χ1) is 13.7. The number of nitrogens with zero attached hydrogens (tertiary/aromatic N) is 1. The van der Waals surface area contributed by atoms with Gasteiger partial charge >= 0.3 is 0 Å². The maximum Gasteiger partial charge on any atom is 0.243 e. The van der Waals surface area contributed by atoms with Gasteiger partial charge in [-0.15, -0.1) is 0 Å². The Balaban J connectivity index is 2.24. The van der Waals surface area contributed by atoms with E-state index < -0.39 is 17.4 Å². The predicted octanol–water partition coefficient (Wildman–Crippen LogP) is 4.13. The standard InChI is InChI=1S/C24H31FN2O2/c1-5-21(23(29)26-24(2,3)4)27(16-15-18-11-7-6-8-12-18)22(28)17-19-13-9-10-14-20(19)25/h6-14,21H,5,15-17H2,1-4H3,(H,26,29)/t21-/m1/s1. The van der Waals surface area contributed by atoms with Crippen molar-refractivity contribution in [1.82, 2.24) is 10.2 Å². The van der Waals surface area contributed by atoms with E-state index in [-0.39, 0.29) is 18.2 Å². The molecule has 29 heavy (non-hydrogen) atoms. The lowest BCUT2D eigenvalue weighted by molar-refractivity contribution is -0.140. The van der Waals surface area contributed by atoms with E-state index in [1.54, 1.807) is 23.1 Å². The molecule has 2 rings (SSSR count). The monoisotopic (exact) mass is 398 g/mol. The highest BCUT2D eigenvalue weighted by Gasteiger charge is 2.30. The van der Waals surface area contributed by atoms with E-state index in [0.29, 0.717) is 24.9 Å². The summed E-state index contributed by atoms with van der Waals surface area (Å²) in [5, 5.41) is 2.97. The van der Waals surface area contributed by atoms with E-state index in [9.17, 15) is 14.0 Å². The molecule has 156 valence electrons. The minimum absolute atomic E-state index is 0.0687. The van der Waals surface area contributed by atoms with Crippen molar-refractivity contribution in [3.63, 3.8) is 0 Å². The van der Waals surface area contributed by atoms with Gasteiger partial charge in [-0.3, -0.25) is 9.59 Å². The topological polar surface area (TPSA) is 49.4 Å². The van der Waals surface area contributed by atoms with Crippen LogP contribution >= 0.6 is 0 Å². The molecule has 4 nitrogen and oxygen atoms in total. The molecular weight excluding hydrogens is 367 g/mol. The second-order valence-electron chi connectivity index (χ2n) is 8.25. The van der Waals surface area contributed by atoms with Gasteiger partial charge < -0.3 is 10.2 Å². The van der Waals surface area contributed by atoms with Gasteiger partial charge in [0.05, 0.1) is 6.42 Å². The minimum Gasteiger partial charge on any atom is -0.350 e. The van der Waals surface area contributed by atoms with Crippen molar-refractivity contribution in [3.05, 3.63) is 71.5 Å². The van der Waals surface area contributed by atoms with E-state index in [1.165, 1.54) is 6.07 Å². The Kier molecular flexibility index (Phi) is 7.94. The average molecular weight is 399 g/mol. The minimum atomic E-state index is -0.600. The Morgan fingerprint density at radius 3 is 2.24 bits per heavy atom. The van der Waals surface area contributed by atoms with Crippen molar-refractivity contribution in [2.45, 2.75) is 58.5 Å². The highest BCUT2D eigenvalue weighted by molar-refractivity contribution is 5.88. The number of carbonyl (C=O) groups excluding carboxylic acids is 2. The van der Waals surface area contributed by atoms with Gasteiger partial charge in [0, 0.05) is 12.1 Å². The fourth-order valence-electron chi connectivity index (χ4n) is 3.26. The fraction of sp³-hybridized carbons (Fsp3) is 0.417. The van der Waals surface area contributed by atoms with Crippen LogP contribution in [0.15, 0.2) is 54.6 Å². The Bertz CT molecular complexity index is 815. The molecule has 0 aliphatic heterocycles. The maximum atomic E-state index is 14.1. The summed E-state index contributed by atoms with van der Waals surface area (Å²) in [6.45, 7) is 8.01. The first-order valence-electron chi connectivity index (χ1n) is 10.1. The summed E-state index contributed by atoms with van der Waals surface area (Å²) in [7, 11) is 0. The zero-order valence-electron chi connectivity index (χ0n) is 17.7. The third-order valence-electron chi connectivity index (χ3n) is 4.67. The Labute approximate surface area is 173 Å². The van der Waals surface area contributed by atoms with Crippen LogP contribution in [-0.2, 0) is 22.4 Å². The molecule has 0 spiro atoms. The van der Waals surface area contributed by atoms with E-state index in [1.807, 2.05) is 58.0 Å². The Morgan fingerprint density at radius 2 is 1.66 bits per heavy atom. The lowest BCUT2D eigenvalue weighted by atomic mass is 10.0. The average Bonchev–Trinajstić information content (AvgIpc) is 2.66. The lowest BCUT2D eigenvalue weighted by Crippen LogP contribution is -2.54. The van der Waals surface area contributed by atoms with Crippen LogP contribution in [0.2, 0.25) is 0 Å². The van der Waals surface area contributed by atoms with Gasteiger partial charge in [-0.1, -0.05) is 55.5 Å². The number of nitrogens with one attached hydrogen (secondary N) is 1. The number of rotatable bonds is 8. The smallest absolute Gasteiger partial charge is 0.243 e. The molecule has 0 unspecified atom stereocenters. The van der Waals surface area contributed by atoms with Crippen LogP contribution < -0.4 is 5.32 Å². The zero-order valence-corrected chi connectivity index (χ0v) is 17.7. The van der Waals surface area contributed by atoms with Gasteiger partial charge in [-0.25, -0.2) is 4.39 Å². The molecular formula is C24H31FN2O2. The molecule has 0 aromatic heterocycles. The molecule has 0 radical (unpaired) electrons. The molecule has 2 aromatic carbocycles. The predicted molar refractivity (Wildman–Crippen MR) is 114 cm³/mol. The molecule has 2 amide bonds. The van der Waals surface area contributed by atoms with Crippen molar-refractivity contribution >= 4 is 11.8 Å². The Morgan fingerprint density at radius 1 is 1.03 bits per heavy atom. The number of hydrogen-bond acceptors (Lipinski definition) is 2. The molecule has 0 heterocycles. The van der Waals surface area contributed by atoms with Crippen LogP contribution in [0.25, 0.3) is 0 Å². The largest absolute Gasteiger partial charge is 0.350 e. The summed E-state index contributed by atoms with van der Waals surface area (Å²) >= 11 is 0. The van der Waals surface area contributed by atoms with Gasteiger partial charge in [0.25, 0.3) is 0 Å².